The molecule has 2 heterocycles. The van der Waals surface area contributed by atoms with Crippen molar-refractivity contribution in [1.29, 1.82) is 0 Å². The number of rotatable bonds is 4. The van der Waals surface area contributed by atoms with Crippen LogP contribution in [0.4, 0.5) is 5.82 Å². The Labute approximate surface area is 98.1 Å². The van der Waals surface area contributed by atoms with E-state index in [2.05, 4.69) is 20.4 Å². The lowest BCUT2D eigenvalue weighted by Crippen LogP contribution is -2.29. The number of hydrogen-bond donors (Lipinski definition) is 1. The molecule has 0 radical (unpaired) electrons. The second-order valence-corrected chi connectivity index (χ2v) is 3.85. The summed E-state index contributed by atoms with van der Waals surface area (Å²) >= 11 is 0. The normalized spacial score (nSPS) is 12.4. The SMILES string of the molecule is CC(Cn1cncn1)Nc1nccn(C)c1=O. The van der Waals surface area contributed by atoms with Crippen molar-refractivity contribution in [2.75, 3.05) is 5.32 Å². The van der Waals surface area contributed by atoms with E-state index < -0.39 is 0 Å². The van der Waals surface area contributed by atoms with Crippen LogP contribution < -0.4 is 10.9 Å². The molecule has 0 bridgehead atoms. The van der Waals surface area contributed by atoms with Crippen LogP contribution in [0.3, 0.4) is 0 Å². The van der Waals surface area contributed by atoms with Gasteiger partial charge in [-0.3, -0.25) is 9.48 Å². The van der Waals surface area contributed by atoms with Gasteiger partial charge in [0, 0.05) is 25.5 Å². The predicted molar refractivity (Wildman–Crippen MR) is 62.6 cm³/mol. The average molecular weight is 234 g/mol. The smallest absolute Gasteiger partial charge is 0.293 e. The van der Waals surface area contributed by atoms with Gasteiger partial charge in [-0.05, 0) is 6.92 Å². The van der Waals surface area contributed by atoms with Crippen LogP contribution >= 0.6 is 0 Å². The summed E-state index contributed by atoms with van der Waals surface area (Å²) in [5.41, 5.74) is -0.141. The van der Waals surface area contributed by atoms with Gasteiger partial charge in [0.25, 0.3) is 5.56 Å². The standard InChI is InChI=1S/C10H14N6O/c1-8(5-16-7-11-6-13-16)14-9-10(17)15(2)4-3-12-9/h3-4,6-8H,5H2,1-2H3,(H,12,14). The van der Waals surface area contributed by atoms with E-state index in [-0.39, 0.29) is 11.6 Å². The van der Waals surface area contributed by atoms with Crippen LogP contribution in [0.1, 0.15) is 6.92 Å². The van der Waals surface area contributed by atoms with E-state index in [4.69, 9.17) is 0 Å². The molecule has 0 spiro atoms. The van der Waals surface area contributed by atoms with Crippen LogP contribution in [-0.4, -0.2) is 30.4 Å². The quantitative estimate of drug-likeness (QED) is 0.797. The zero-order valence-corrected chi connectivity index (χ0v) is 9.74. The van der Waals surface area contributed by atoms with E-state index in [0.717, 1.165) is 0 Å². The number of anilines is 1. The molecular formula is C10H14N6O. The van der Waals surface area contributed by atoms with Crippen LogP contribution in [0.25, 0.3) is 0 Å². The molecule has 0 fully saturated rings. The highest BCUT2D eigenvalue weighted by Crippen LogP contribution is 1.98. The molecule has 17 heavy (non-hydrogen) atoms. The van der Waals surface area contributed by atoms with E-state index in [0.29, 0.717) is 12.4 Å². The van der Waals surface area contributed by atoms with Gasteiger partial charge in [0.05, 0.1) is 6.54 Å². The topological polar surface area (TPSA) is 77.6 Å². The Kier molecular flexibility index (Phi) is 3.17. The lowest BCUT2D eigenvalue weighted by atomic mass is 10.3. The summed E-state index contributed by atoms with van der Waals surface area (Å²) in [6.45, 7) is 2.58. The Hall–Kier alpha value is -2.18. The summed E-state index contributed by atoms with van der Waals surface area (Å²) in [5, 5.41) is 7.06. The molecule has 1 N–H and O–H groups in total. The lowest BCUT2D eigenvalue weighted by Gasteiger charge is -2.13. The largest absolute Gasteiger partial charge is 0.361 e. The van der Waals surface area contributed by atoms with Crippen molar-refractivity contribution in [3.05, 3.63) is 35.4 Å². The third kappa shape index (κ3) is 2.68. The Morgan fingerprint density at radius 2 is 2.35 bits per heavy atom. The highest BCUT2D eigenvalue weighted by molar-refractivity contribution is 5.31. The molecule has 0 aliphatic heterocycles. The zero-order chi connectivity index (χ0) is 12.3. The van der Waals surface area contributed by atoms with Crippen LogP contribution in [0.5, 0.6) is 0 Å². The minimum Gasteiger partial charge on any atom is -0.361 e. The first-order valence-electron chi connectivity index (χ1n) is 5.27. The van der Waals surface area contributed by atoms with Gasteiger partial charge in [-0.15, -0.1) is 0 Å². The van der Waals surface area contributed by atoms with Gasteiger partial charge in [0.2, 0.25) is 0 Å². The summed E-state index contributed by atoms with van der Waals surface area (Å²) in [4.78, 5) is 19.6. The maximum Gasteiger partial charge on any atom is 0.293 e. The van der Waals surface area contributed by atoms with Crippen LogP contribution in [-0.2, 0) is 13.6 Å². The molecule has 0 aliphatic rings. The van der Waals surface area contributed by atoms with E-state index in [1.807, 2.05) is 6.92 Å². The summed E-state index contributed by atoms with van der Waals surface area (Å²) < 4.78 is 3.18. The van der Waals surface area contributed by atoms with Crippen molar-refractivity contribution >= 4 is 5.82 Å². The summed E-state index contributed by atoms with van der Waals surface area (Å²) in [7, 11) is 1.69. The molecule has 2 aromatic rings. The Bertz CT molecular complexity index is 532. The molecule has 90 valence electrons. The molecule has 0 aromatic carbocycles. The minimum atomic E-state index is -0.141. The summed E-state index contributed by atoms with van der Waals surface area (Å²) in [6.07, 6.45) is 6.32. The van der Waals surface area contributed by atoms with Crippen molar-refractivity contribution in [1.82, 2.24) is 24.3 Å². The Balaban J connectivity index is 2.05. The fourth-order valence-corrected chi connectivity index (χ4v) is 1.48. The van der Waals surface area contributed by atoms with Crippen molar-refractivity contribution in [2.45, 2.75) is 19.5 Å². The van der Waals surface area contributed by atoms with Crippen molar-refractivity contribution < 1.29 is 0 Å². The van der Waals surface area contributed by atoms with E-state index in [9.17, 15) is 4.79 Å². The number of aromatic nitrogens is 5. The van der Waals surface area contributed by atoms with Crippen molar-refractivity contribution in [3.63, 3.8) is 0 Å². The monoisotopic (exact) mass is 234 g/mol. The van der Waals surface area contributed by atoms with Gasteiger partial charge in [0.15, 0.2) is 5.82 Å². The third-order valence-corrected chi connectivity index (χ3v) is 2.33. The molecule has 0 amide bonds. The minimum absolute atomic E-state index is 0.0410. The first kappa shape index (κ1) is 11.3. The Morgan fingerprint density at radius 3 is 3.06 bits per heavy atom. The Morgan fingerprint density at radius 1 is 1.53 bits per heavy atom. The summed E-state index contributed by atoms with van der Waals surface area (Å²) in [6, 6.07) is 0.0410. The number of hydrogen-bond acceptors (Lipinski definition) is 5. The molecule has 1 atom stereocenters. The van der Waals surface area contributed by atoms with E-state index in [1.54, 1.807) is 30.5 Å². The molecule has 0 aliphatic carbocycles. The maximum atomic E-state index is 11.7. The maximum absolute atomic E-state index is 11.7. The summed E-state index contributed by atoms with van der Waals surface area (Å²) in [5.74, 6) is 0.350. The fourth-order valence-electron chi connectivity index (χ4n) is 1.48. The fraction of sp³-hybridized carbons (Fsp3) is 0.400. The van der Waals surface area contributed by atoms with Gasteiger partial charge in [-0.25, -0.2) is 9.97 Å². The average Bonchev–Trinajstić information content (AvgIpc) is 2.77. The van der Waals surface area contributed by atoms with Crippen LogP contribution in [0, 0.1) is 0 Å². The number of nitrogens with zero attached hydrogens (tertiary/aromatic N) is 5. The molecule has 0 saturated heterocycles. The van der Waals surface area contributed by atoms with Gasteiger partial charge >= 0.3 is 0 Å². The van der Waals surface area contributed by atoms with Gasteiger partial charge in [-0.1, -0.05) is 0 Å². The van der Waals surface area contributed by atoms with Crippen LogP contribution in [0.15, 0.2) is 29.8 Å². The second kappa shape index (κ2) is 4.77. The molecule has 1 unspecified atom stereocenters. The predicted octanol–water partition coefficient (Wildman–Crippen LogP) is -0.128. The van der Waals surface area contributed by atoms with Crippen molar-refractivity contribution in [3.8, 4) is 0 Å². The molecule has 7 heteroatoms. The van der Waals surface area contributed by atoms with E-state index in [1.165, 1.54) is 10.9 Å². The third-order valence-electron chi connectivity index (χ3n) is 2.33. The van der Waals surface area contributed by atoms with E-state index >= 15 is 0 Å². The highest BCUT2D eigenvalue weighted by atomic mass is 16.1. The first-order valence-corrected chi connectivity index (χ1v) is 5.27. The zero-order valence-electron chi connectivity index (χ0n) is 9.74. The van der Waals surface area contributed by atoms with Crippen LogP contribution in [0.2, 0.25) is 0 Å². The molecule has 2 rings (SSSR count). The lowest BCUT2D eigenvalue weighted by molar-refractivity contribution is 0.557. The molecule has 2 aromatic heterocycles. The number of aryl methyl sites for hydroxylation is 1. The molecule has 7 nitrogen and oxygen atoms in total. The molecule has 0 saturated carbocycles. The second-order valence-electron chi connectivity index (χ2n) is 3.85. The first-order chi connectivity index (χ1) is 8.16. The van der Waals surface area contributed by atoms with Gasteiger partial charge in [-0.2, -0.15) is 5.10 Å². The van der Waals surface area contributed by atoms with Gasteiger partial charge < -0.3 is 9.88 Å². The number of nitrogens with one attached hydrogen (secondary N) is 1. The van der Waals surface area contributed by atoms with Crippen molar-refractivity contribution in [2.24, 2.45) is 7.05 Å². The highest BCUT2D eigenvalue weighted by Gasteiger charge is 2.08. The molecular weight excluding hydrogens is 220 g/mol. The van der Waals surface area contributed by atoms with Gasteiger partial charge in [0.1, 0.15) is 12.7 Å².